The van der Waals surface area contributed by atoms with Gasteiger partial charge in [-0.3, -0.25) is 9.59 Å². The third-order valence-corrected chi connectivity index (χ3v) is 4.30. The number of benzene rings is 2. The van der Waals surface area contributed by atoms with Crippen LogP contribution in [0.5, 0.6) is 0 Å². The molecule has 0 spiro atoms. The molecule has 2 aromatic carbocycles. The fourth-order valence-electron chi connectivity index (χ4n) is 2.49. The minimum Gasteiger partial charge on any atom is -0.340 e. The smallest absolute Gasteiger partial charge is 0.242 e. The van der Waals surface area contributed by atoms with Gasteiger partial charge in [0.25, 0.3) is 0 Å². The molecule has 0 N–H and O–H groups in total. The number of nitrogens with zero attached hydrogens (tertiary/aromatic N) is 2. The lowest BCUT2D eigenvalue weighted by molar-refractivity contribution is -0.130. The van der Waals surface area contributed by atoms with Gasteiger partial charge in [-0.2, -0.15) is 0 Å². The largest absolute Gasteiger partial charge is 0.340 e. The fourth-order valence-corrected chi connectivity index (χ4v) is 2.96. The number of aryl methyl sites for hydroxylation is 1. The molecule has 2 aromatic rings. The zero-order valence-corrected chi connectivity index (χ0v) is 15.7. The Morgan fingerprint density at radius 1 is 1.08 bits per heavy atom. The number of likely N-dealkylation sites (N-methyl/N-ethyl adjacent to an activating group) is 1. The van der Waals surface area contributed by atoms with E-state index < -0.39 is 0 Å². The van der Waals surface area contributed by atoms with E-state index in [1.165, 1.54) is 11.8 Å². The Balaban J connectivity index is 2.12. The van der Waals surface area contributed by atoms with Crippen LogP contribution >= 0.6 is 15.9 Å². The van der Waals surface area contributed by atoms with Crippen LogP contribution in [-0.2, 0) is 16.1 Å². The number of hydrogen-bond acceptors (Lipinski definition) is 2. The van der Waals surface area contributed by atoms with Gasteiger partial charge in [-0.05, 0) is 36.2 Å². The first-order valence-electron chi connectivity index (χ1n) is 7.70. The van der Waals surface area contributed by atoms with Gasteiger partial charge in [-0.1, -0.05) is 46.3 Å². The van der Waals surface area contributed by atoms with Gasteiger partial charge in [-0.15, -0.1) is 0 Å². The molecule has 0 unspecified atom stereocenters. The lowest BCUT2D eigenvalue weighted by Crippen LogP contribution is -2.40. The molecule has 2 amide bonds. The second-order valence-corrected chi connectivity index (χ2v) is 6.69. The summed E-state index contributed by atoms with van der Waals surface area (Å²) in [5.41, 5.74) is 2.76. The predicted octanol–water partition coefficient (Wildman–Crippen LogP) is 3.77. The van der Waals surface area contributed by atoms with Crippen molar-refractivity contribution in [3.63, 3.8) is 0 Å². The second-order valence-electron chi connectivity index (χ2n) is 5.77. The van der Waals surface area contributed by atoms with Crippen LogP contribution in [0.2, 0.25) is 0 Å². The minimum atomic E-state index is -0.151. The molecule has 5 heteroatoms. The summed E-state index contributed by atoms with van der Waals surface area (Å²) in [4.78, 5) is 27.7. The SMILES string of the molecule is CC(=O)N(CC(=O)N(C)Cc1ccccc1)c1ccc(Br)cc1C. The number of halogens is 1. The number of carbonyl (C=O) groups excluding carboxylic acids is 2. The monoisotopic (exact) mass is 388 g/mol. The van der Waals surface area contributed by atoms with E-state index in [-0.39, 0.29) is 18.4 Å². The van der Waals surface area contributed by atoms with Crippen molar-refractivity contribution in [1.29, 1.82) is 0 Å². The summed E-state index contributed by atoms with van der Waals surface area (Å²) in [5.74, 6) is -0.252. The summed E-state index contributed by atoms with van der Waals surface area (Å²) in [6.45, 7) is 3.95. The highest BCUT2D eigenvalue weighted by Gasteiger charge is 2.20. The third kappa shape index (κ3) is 4.68. The predicted molar refractivity (Wildman–Crippen MR) is 99.8 cm³/mol. The molecule has 0 heterocycles. The molecule has 0 aromatic heterocycles. The molecule has 0 radical (unpaired) electrons. The van der Waals surface area contributed by atoms with E-state index in [1.807, 2.05) is 55.5 Å². The van der Waals surface area contributed by atoms with Crippen LogP contribution < -0.4 is 4.90 Å². The Morgan fingerprint density at radius 2 is 1.75 bits per heavy atom. The van der Waals surface area contributed by atoms with E-state index in [1.54, 1.807) is 11.9 Å². The number of carbonyl (C=O) groups is 2. The van der Waals surface area contributed by atoms with Gasteiger partial charge in [-0.25, -0.2) is 0 Å². The first kappa shape index (κ1) is 18.2. The molecule has 126 valence electrons. The minimum absolute atomic E-state index is 0.0289. The van der Waals surface area contributed by atoms with Gasteiger partial charge < -0.3 is 9.80 Å². The highest BCUT2D eigenvalue weighted by molar-refractivity contribution is 9.10. The molecule has 0 aliphatic carbocycles. The Kier molecular flexibility index (Phi) is 6.15. The van der Waals surface area contributed by atoms with Crippen LogP contribution in [0.25, 0.3) is 0 Å². The first-order chi connectivity index (χ1) is 11.4. The molecule has 24 heavy (non-hydrogen) atoms. The van der Waals surface area contributed by atoms with E-state index in [2.05, 4.69) is 15.9 Å². The van der Waals surface area contributed by atoms with E-state index in [0.29, 0.717) is 6.54 Å². The summed E-state index contributed by atoms with van der Waals surface area (Å²) >= 11 is 3.41. The highest BCUT2D eigenvalue weighted by atomic mass is 79.9. The Labute approximate surface area is 151 Å². The molecular weight excluding hydrogens is 368 g/mol. The zero-order chi connectivity index (χ0) is 17.7. The number of rotatable bonds is 5. The van der Waals surface area contributed by atoms with E-state index in [9.17, 15) is 9.59 Å². The standard InChI is InChI=1S/C19H21BrN2O2/c1-14-11-17(20)9-10-18(14)22(15(2)23)13-19(24)21(3)12-16-7-5-4-6-8-16/h4-11H,12-13H2,1-3H3. The van der Waals surface area contributed by atoms with Crippen molar-refractivity contribution >= 4 is 33.4 Å². The Hall–Kier alpha value is -2.14. The maximum absolute atomic E-state index is 12.5. The number of hydrogen-bond donors (Lipinski definition) is 0. The van der Waals surface area contributed by atoms with Crippen molar-refractivity contribution in [2.75, 3.05) is 18.5 Å². The van der Waals surface area contributed by atoms with Crippen LogP contribution in [0.1, 0.15) is 18.1 Å². The summed E-state index contributed by atoms with van der Waals surface area (Å²) in [7, 11) is 1.75. The quantitative estimate of drug-likeness (QED) is 0.781. The normalized spacial score (nSPS) is 10.3. The molecule has 0 fully saturated rings. The average molecular weight is 389 g/mol. The number of amides is 2. The van der Waals surface area contributed by atoms with Gasteiger partial charge in [0.1, 0.15) is 6.54 Å². The van der Waals surface area contributed by atoms with Crippen molar-refractivity contribution in [2.24, 2.45) is 0 Å². The van der Waals surface area contributed by atoms with Gasteiger partial charge in [0, 0.05) is 30.7 Å². The van der Waals surface area contributed by atoms with Gasteiger partial charge in [0.2, 0.25) is 11.8 Å². The number of anilines is 1. The van der Waals surface area contributed by atoms with Crippen LogP contribution in [0.4, 0.5) is 5.69 Å². The maximum Gasteiger partial charge on any atom is 0.242 e. The van der Waals surface area contributed by atoms with Gasteiger partial charge in [0.15, 0.2) is 0 Å². The van der Waals surface area contributed by atoms with Crippen LogP contribution in [-0.4, -0.2) is 30.3 Å². The van der Waals surface area contributed by atoms with Crippen LogP contribution in [0.3, 0.4) is 0 Å². The van der Waals surface area contributed by atoms with Gasteiger partial charge >= 0.3 is 0 Å². The summed E-state index contributed by atoms with van der Waals surface area (Å²) in [6.07, 6.45) is 0. The lowest BCUT2D eigenvalue weighted by Gasteiger charge is -2.26. The fraction of sp³-hybridized carbons (Fsp3) is 0.263. The average Bonchev–Trinajstić information content (AvgIpc) is 2.53. The summed E-state index contributed by atoms with van der Waals surface area (Å²) in [5, 5.41) is 0. The Morgan fingerprint density at radius 3 is 2.33 bits per heavy atom. The van der Waals surface area contributed by atoms with Crippen LogP contribution in [0.15, 0.2) is 53.0 Å². The summed E-state index contributed by atoms with van der Waals surface area (Å²) in [6, 6.07) is 15.4. The van der Waals surface area contributed by atoms with Crippen molar-refractivity contribution < 1.29 is 9.59 Å². The van der Waals surface area contributed by atoms with Crippen molar-refractivity contribution in [1.82, 2.24) is 4.90 Å². The van der Waals surface area contributed by atoms with Gasteiger partial charge in [0.05, 0.1) is 0 Å². The molecule has 0 saturated carbocycles. The molecule has 0 bridgehead atoms. The van der Waals surface area contributed by atoms with Crippen molar-refractivity contribution in [3.05, 3.63) is 64.1 Å². The zero-order valence-electron chi connectivity index (χ0n) is 14.1. The third-order valence-electron chi connectivity index (χ3n) is 3.81. The molecule has 0 aliphatic heterocycles. The van der Waals surface area contributed by atoms with E-state index >= 15 is 0 Å². The van der Waals surface area contributed by atoms with E-state index in [4.69, 9.17) is 0 Å². The maximum atomic E-state index is 12.5. The lowest BCUT2D eigenvalue weighted by atomic mass is 10.1. The van der Waals surface area contributed by atoms with Crippen molar-refractivity contribution in [3.8, 4) is 0 Å². The molecule has 4 nitrogen and oxygen atoms in total. The van der Waals surface area contributed by atoms with Crippen molar-refractivity contribution in [2.45, 2.75) is 20.4 Å². The molecule has 0 aliphatic rings. The Bertz CT molecular complexity index is 731. The molecule has 0 saturated heterocycles. The molecule has 2 rings (SSSR count). The molecule has 0 atom stereocenters. The highest BCUT2D eigenvalue weighted by Crippen LogP contribution is 2.24. The van der Waals surface area contributed by atoms with E-state index in [0.717, 1.165) is 21.3 Å². The molecular formula is C19H21BrN2O2. The topological polar surface area (TPSA) is 40.6 Å². The summed E-state index contributed by atoms with van der Waals surface area (Å²) < 4.78 is 0.944. The van der Waals surface area contributed by atoms with Crippen LogP contribution in [0, 0.1) is 6.92 Å². The first-order valence-corrected chi connectivity index (χ1v) is 8.50. The second kappa shape index (κ2) is 8.11.